The predicted molar refractivity (Wildman–Crippen MR) is 119 cm³/mol. The lowest BCUT2D eigenvalue weighted by Crippen LogP contribution is -2.15. The predicted octanol–water partition coefficient (Wildman–Crippen LogP) is 5.26. The van der Waals surface area contributed by atoms with Gasteiger partial charge in [0, 0.05) is 59.5 Å². The minimum Gasteiger partial charge on any atom is -0.381 e. The highest BCUT2D eigenvalue weighted by molar-refractivity contribution is 4.64. The monoisotopic (exact) mass is 416 g/mol. The van der Waals surface area contributed by atoms with E-state index in [0.29, 0.717) is 0 Å². The number of ether oxygens (including phenoxy) is 5. The second-order valence-corrected chi connectivity index (χ2v) is 9.44. The first-order chi connectivity index (χ1) is 14.1. The summed E-state index contributed by atoms with van der Waals surface area (Å²) in [6, 6.07) is 0. The van der Waals surface area contributed by atoms with Gasteiger partial charge in [0.05, 0.1) is 6.61 Å². The van der Waals surface area contributed by atoms with E-state index in [1.165, 1.54) is 32.1 Å². The molecule has 0 aromatic heterocycles. The molecule has 0 amide bonds. The summed E-state index contributed by atoms with van der Waals surface area (Å²) in [6.07, 6.45) is 10.8. The van der Waals surface area contributed by atoms with Crippen LogP contribution in [0.2, 0.25) is 0 Å². The van der Waals surface area contributed by atoms with Crippen LogP contribution in [0, 0.1) is 11.3 Å². The molecule has 1 aliphatic rings. The zero-order chi connectivity index (χ0) is 21.0. The van der Waals surface area contributed by atoms with Gasteiger partial charge in [-0.05, 0) is 49.9 Å². The highest BCUT2D eigenvalue weighted by Crippen LogP contribution is 2.23. The Morgan fingerprint density at radius 2 is 0.966 bits per heavy atom. The summed E-state index contributed by atoms with van der Waals surface area (Å²) in [5, 5.41) is 0. The van der Waals surface area contributed by atoms with E-state index in [9.17, 15) is 0 Å². The maximum atomic E-state index is 5.78. The fraction of sp³-hybridized carbons (Fsp3) is 1.00. The van der Waals surface area contributed by atoms with Crippen LogP contribution in [0.3, 0.4) is 0 Å². The fourth-order valence-corrected chi connectivity index (χ4v) is 3.34. The summed E-state index contributed by atoms with van der Waals surface area (Å²) in [5.41, 5.74) is 0.242. The molecule has 0 unspecified atom stereocenters. The number of rotatable bonds is 19. The van der Waals surface area contributed by atoms with Gasteiger partial charge in [-0.3, -0.25) is 0 Å². The smallest absolute Gasteiger partial charge is 0.0514 e. The largest absolute Gasteiger partial charge is 0.381 e. The Labute approximate surface area is 180 Å². The molecule has 0 bridgehead atoms. The molecule has 0 heterocycles. The van der Waals surface area contributed by atoms with Gasteiger partial charge in [0.1, 0.15) is 0 Å². The van der Waals surface area contributed by atoms with Crippen LogP contribution in [0.1, 0.15) is 78.6 Å². The molecule has 1 fully saturated rings. The van der Waals surface area contributed by atoms with Gasteiger partial charge in [-0.25, -0.2) is 0 Å². The van der Waals surface area contributed by atoms with Crippen molar-refractivity contribution in [2.75, 3.05) is 66.1 Å². The quantitative estimate of drug-likeness (QED) is 0.269. The molecule has 1 saturated carbocycles. The molecule has 0 radical (unpaired) electrons. The van der Waals surface area contributed by atoms with Crippen molar-refractivity contribution in [3.05, 3.63) is 0 Å². The Morgan fingerprint density at radius 1 is 0.552 bits per heavy atom. The summed E-state index contributed by atoms with van der Waals surface area (Å²) >= 11 is 0. The topological polar surface area (TPSA) is 46.2 Å². The van der Waals surface area contributed by atoms with E-state index in [4.69, 9.17) is 23.7 Å². The Morgan fingerprint density at radius 3 is 1.41 bits per heavy atom. The lowest BCUT2D eigenvalue weighted by molar-refractivity contribution is 0.0366. The lowest BCUT2D eigenvalue weighted by atomic mass is 9.90. The normalized spacial score (nSPS) is 15.8. The molecule has 0 aromatic rings. The van der Waals surface area contributed by atoms with Crippen molar-refractivity contribution in [2.45, 2.75) is 78.6 Å². The SMILES string of the molecule is CC(C)(C)COCCCOCCCOCCCOCCCOCC1CCCCC1. The van der Waals surface area contributed by atoms with Crippen LogP contribution in [0.25, 0.3) is 0 Å². The summed E-state index contributed by atoms with van der Waals surface area (Å²) < 4.78 is 28.3. The fourth-order valence-electron chi connectivity index (χ4n) is 3.34. The third kappa shape index (κ3) is 19.5. The van der Waals surface area contributed by atoms with E-state index in [1.807, 2.05) is 0 Å². The van der Waals surface area contributed by atoms with Crippen molar-refractivity contribution in [2.24, 2.45) is 11.3 Å². The zero-order valence-electron chi connectivity index (χ0n) is 19.6. The van der Waals surface area contributed by atoms with Gasteiger partial charge in [0.15, 0.2) is 0 Å². The number of hydrogen-bond acceptors (Lipinski definition) is 5. The van der Waals surface area contributed by atoms with Crippen LogP contribution in [0.4, 0.5) is 0 Å². The van der Waals surface area contributed by atoms with Crippen molar-refractivity contribution < 1.29 is 23.7 Å². The average Bonchev–Trinajstić information content (AvgIpc) is 2.69. The average molecular weight is 417 g/mol. The molecule has 1 rings (SSSR count). The van der Waals surface area contributed by atoms with Crippen LogP contribution in [-0.4, -0.2) is 66.1 Å². The molecule has 0 saturated heterocycles. The van der Waals surface area contributed by atoms with Crippen molar-refractivity contribution >= 4 is 0 Å². The first kappa shape index (κ1) is 26.8. The third-order valence-electron chi connectivity index (χ3n) is 4.92. The Balaban J connectivity index is 1.66. The Bertz CT molecular complexity index is 337. The van der Waals surface area contributed by atoms with Crippen molar-refractivity contribution in [3.63, 3.8) is 0 Å². The molecule has 29 heavy (non-hydrogen) atoms. The molecule has 5 heteroatoms. The molecule has 0 atom stereocenters. The van der Waals surface area contributed by atoms with Gasteiger partial charge in [-0.15, -0.1) is 0 Å². The van der Waals surface area contributed by atoms with E-state index in [-0.39, 0.29) is 5.41 Å². The maximum Gasteiger partial charge on any atom is 0.0514 e. The Hall–Kier alpha value is -0.200. The van der Waals surface area contributed by atoms with Crippen LogP contribution in [0.5, 0.6) is 0 Å². The van der Waals surface area contributed by atoms with E-state index >= 15 is 0 Å². The van der Waals surface area contributed by atoms with Gasteiger partial charge in [0.25, 0.3) is 0 Å². The molecule has 0 aliphatic heterocycles. The molecular weight excluding hydrogens is 368 g/mol. The van der Waals surface area contributed by atoms with Gasteiger partial charge < -0.3 is 23.7 Å². The standard InChI is InChI=1S/C24H48O5/c1-24(2,3)22-29-20-10-18-27-16-8-14-25-13-7-15-26-17-9-19-28-21-23-11-5-4-6-12-23/h23H,4-22H2,1-3H3. The minimum atomic E-state index is 0.242. The van der Waals surface area contributed by atoms with Gasteiger partial charge >= 0.3 is 0 Å². The molecule has 0 N–H and O–H groups in total. The zero-order valence-corrected chi connectivity index (χ0v) is 19.6. The van der Waals surface area contributed by atoms with E-state index < -0.39 is 0 Å². The van der Waals surface area contributed by atoms with Crippen LogP contribution in [-0.2, 0) is 23.7 Å². The van der Waals surface area contributed by atoms with Crippen molar-refractivity contribution in [1.29, 1.82) is 0 Å². The first-order valence-corrected chi connectivity index (χ1v) is 12.0. The van der Waals surface area contributed by atoms with Gasteiger partial charge in [0.2, 0.25) is 0 Å². The summed E-state index contributed by atoms with van der Waals surface area (Å²) in [4.78, 5) is 0. The van der Waals surface area contributed by atoms with E-state index in [1.54, 1.807) is 0 Å². The molecule has 1 aliphatic carbocycles. The summed E-state index contributed by atoms with van der Waals surface area (Å²) in [5.74, 6) is 0.805. The second kappa shape index (κ2) is 18.6. The van der Waals surface area contributed by atoms with Gasteiger partial charge in [-0.1, -0.05) is 40.0 Å². The van der Waals surface area contributed by atoms with Crippen molar-refractivity contribution in [3.8, 4) is 0 Å². The first-order valence-electron chi connectivity index (χ1n) is 12.0. The van der Waals surface area contributed by atoms with E-state index in [2.05, 4.69) is 20.8 Å². The van der Waals surface area contributed by atoms with Crippen LogP contribution in [0.15, 0.2) is 0 Å². The van der Waals surface area contributed by atoms with Crippen LogP contribution < -0.4 is 0 Å². The second-order valence-electron chi connectivity index (χ2n) is 9.44. The Kier molecular flexibility index (Phi) is 17.2. The molecule has 5 nitrogen and oxygen atoms in total. The highest BCUT2D eigenvalue weighted by Gasteiger charge is 2.13. The molecule has 0 spiro atoms. The van der Waals surface area contributed by atoms with Crippen LogP contribution >= 0.6 is 0 Å². The van der Waals surface area contributed by atoms with E-state index in [0.717, 1.165) is 97.7 Å². The minimum absolute atomic E-state index is 0.242. The summed E-state index contributed by atoms with van der Waals surface area (Å²) in [7, 11) is 0. The maximum absolute atomic E-state index is 5.78. The molecule has 0 aromatic carbocycles. The molecular formula is C24H48O5. The molecule has 174 valence electrons. The summed E-state index contributed by atoms with van der Waals surface area (Å²) in [6.45, 7) is 14.5. The highest BCUT2D eigenvalue weighted by atomic mass is 16.5. The van der Waals surface area contributed by atoms with Gasteiger partial charge in [-0.2, -0.15) is 0 Å². The lowest BCUT2D eigenvalue weighted by Gasteiger charge is -2.21. The van der Waals surface area contributed by atoms with Crippen molar-refractivity contribution in [1.82, 2.24) is 0 Å². The third-order valence-corrected chi connectivity index (χ3v) is 4.92. The number of hydrogen-bond donors (Lipinski definition) is 0.